The molecule has 0 radical (unpaired) electrons. The second-order valence-corrected chi connectivity index (χ2v) is 7.64. The van der Waals surface area contributed by atoms with Gasteiger partial charge in [-0.25, -0.2) is 4.98 Å². The molecule has 150 valence electrons. The SMILES string of the molecule is COc1cccc(-c2nc(/C=C/C(=O)c3ccc(SC(F)F)c(OC)c3)cs2)c1. The Hall–Kier alpha value is -2.71. The van der Waals surface area contributed by atoms with Crippen molar-refractivity contribution in [1.29, 1.82) is 0 Å². The molecule has 0 saturated heterocycles. The van der Waals surface area contributed by atoms with Crippen LogP contribution in [-0.4, -0.2) is 30.7 Å². The second kappa shape index (κ2) is 9.67. The first kappa shape index (κ1) is 21.0. The van der Waals surface area contributed by atoms with Crippen molar-refractivity contribution in [1.82, 2.24) is 4.98 Å². The number of aromatic nitrogens is 1. The Balaban J connectivity index is 1.75. The second-order valence-electron chi connectivity index (χ2n) is 5.75. The fourth-order valence-electron chi connectivity index (χ4n) is 2.52. The number of benzene rings is 2. The summed E-state index contributed by atoms with van der Waals surface area (Å²) in [6.45, 7) is 0. The van der Waals surface area contributed by atoms with Crippen molar-refractivity contribution in [3.8, 4) is 22.1 Å². The van der Waals surface area contributed by atoms with Gasteiger partial charge in [-0.05, 0) is 42.5 Å². The fourth-order valence-corrected chi connectivity index (χ4v) is 3.90. The highest BCUT2D eigenvalue weighted by molar-refractivity contribution is 7.99. The van der Waals surface area contributed by atoms with E-state index in [1.807, 2.05) is 29.6 Å². The van der Waals surface area contributed by atoms with Gasteiger partial charge in [-0.3, -0.25) is 4.79 Å². The third-order valence-electron chi connectivity index (χ3n) is 3.91. The summed E-state index contributed by atoms with van der Waals surface area (Å²) in [6.07, 6.45) is 3.02. The van der Waals surface area contributed by atoms with Crippen molar-refractivity contribution in [3.63, 3.8) is 0 Å². The van der Waals surface area contributed by atoms with Crippen molar-refractivity contribution < 1.29 is 23.0 Å². The molecule has 0 amide bonds. The molecular formula is C21H17F2NO3S2. The number of rotatable bonds is 8. The normalized spacial score (nSPS) is 11.2. The van der Waals surface area contributed by atoms with Crippen LogP contribution in [0, 0.1) is 0 Å². The van der Waals surface area contributed by atoms with E-state index < -0.39 is 5.76 Å². The van der Waals surface area contributed by atoms with Gasteiger partial charge in [-0.2, -0.15) is 8.78 Å². The molecule has 2 aromatic carbocycles. The molecule has 0 aliphatic carbocycles. The Morgan fingerprint density at radius 1 is 1.17 bits per heavy atom. The van der Waals surface area contributed by atoms with Crippen LogP contribution < -0.4 is 9.47 Å². The summed E-state index contributed by atoms with van der Waals surface area (Å²) in [4.78, 5) is 17.2. The Labute approximate surface area is 175 Å². The molecule has 0 atom stereocenters. The highest BCUT2D eigenvalue weighted by atomic mass is 32.2. The van der Waals surface area contributed by atoms with E-state index in [9.17, 15) is 13.6 Å². The standard InChI is InChI=1S/C21H17F2NO3S2/c1-26-16-5-3-4-14(10-16)20-24-15(12-28-20)7-8-17(25)13-6-9-19(29-21(22)23)18(11-13)27-2/h3-12,21H,1-2H3/b8-7+. The van der Waals surface area contributed by atoms with Gasteiger partial charge in [-0.15, -0.1) is 11.3 Å². The molecular weight excluding hydrogens is 416 g/mol. The van der Waals surface area contributed by atoms with Crippen LogP contribution in [0.25, 0.3) is 16.6 Å². The van der Waals surface area contributed by atoms with Crippen LogP contribution in [0.4, 0.5) is 8.78 Å². The van der Waals surface area contributed by atoms with E-state index in [0.717, 1.165) is 16.3 Å². The third-order valence-corrected chi connectivity index (χ3v) is 5.59. The molecule has 4 nitrogen and oxygen atoms in total. The average Bonchev–Trinajstić information content (AvgIpc) is 3.21. The van der Waals surface area contributed by atoms with Crippen molar-refractivity contribution in [2.75, 3.05) is 14.2 Å². The van der Waals surface area contributed by atoms with E-state index in [1.165, 1.54) is 42.7 Å². The molecule has 0 aliphatic rings. The number of allylic oxidation sites excluding steroid dienone is 1. The Morgan fingerprint density at radius 3 is 2.72 bits per heavy atom. The van der Waals surface area contributed by atoms with Crippen molar-refractivity contribution >= 4 is 35.0 Å². The lowest BCUT2D eigenvalue weighted by Gasteiger charge is -2.08. The Kier molecular flexibility index (Phi) is 7.00. The van der Waals surface area contributed by atoms with Gasteiger partial charge in [0.1, 0.15) is 16.5 Å². The number of halogens is 2. The van der Waals surface area contributed by atoms with Crippen LogP contribution in [0.15, 0.2) is 58.8 Å². The van der Waals surface area contributed by atoms with E-state index in [0.29, 0.717) is 23.0 Å². The van der Waals surface area contributed by atoms with Crippen LogP contribution in [0.5, 0.6) is 11.5 Å². The number of ketones is 1. The number of nitrogens with zero attached hydrogens (tertiary/aromatic N) is 1. The number of carbonyl (C=O) groups is 1. The summed E-state index contributed by atoms with van der Waals surface area (Å²) in [6, 6.07) is 12.0. The molecule has 3 rings (SSSR count). The summed E-state index contributed by atoms with van der Waals surface area (Å²) in [7, 11) is 2.98. The summed E-state index contributed by atoms with van der Waals surface area (Å²) in [5.41, 5.74) is 1.93. The summed E-state index contributed by atoms with van der Waals surface area (Å²) in [5.74, 6) is -1.85. The smallest absolute Gasteiger partial charge is 0.289 e. The number of thioether (sulfide) groups is 1. The highest BCUT2D eigenvalue weighted by Crippen LogP contribution is 2.34. The third kappa shape index (κ3) is 5.42. The minimum atomic E-state index is -2.56. The molecule has 0 N–H and O–H groups in total. The van der Waals surface area contributed by atoms with Gasteiger partial charge in [0.25, 0.3) is 5.76 Å². The van der Waals surface area contributed by atoms with Crippen LogP contribution in [0.1, 0.15) is 16.1 Å². The quantitative estimate of drug-likeness (QED) is 0.246. The number of methoxy groups -OCH3 is 2. The molecule has 1 heterocycles. The molecule has 3 aromatic rings. The van der Waals surface area contributed by atoms with E-state index >= 15 is 0 Å². The first-order valence-corrected chi connectivity index (χ1v) is 10.2. The number of carbonyl (C=O) groups excluding carboxylic acids is 1. The van der Waals surface area contributed by atoms with E-state index in [1.54, 1.807) is 13.2 Å². The Morgan fingerprint density at radius 2 is 2.00 bits per heavy atom. The first-order valence-electron chi connectivity index (χ1n) is 8.45. The molecule has 29 heavy (non-hydrogen) atoms. The van der Waals surface area contributed by atoms with Crippen LogP contribution in [0.2, 0.25) is 0 Å². The maximum atomic E-state index is 12.6. The summed E-state index contributed by atoms with van der Waals surface area (Å²) < 4.78 is 35.5. The van der Waals surface area contributed by atoms with Crippen LogP contribution in [0.3, 0.4) is 0 Å². The largest absolute Gasteiger partial charge is 0.497 e. The number of hydrogen-bond acceptors (Lipinski definition) is 6. The predicted molar refractivity (Wildman–Crippen MR) is 112 cm³/mol. The van der Waals surface area contributed by atoms with Gasteiger partial charge in [0.2, 0.25) is 0 Å². The zero-order valence-corrected chi connectivity index (χ0v) is 17.2. The van der Waals surface area contributed by atoms with E-state index in [-0.39, 0.29) is 16.4 Å². The van der Waals surface area contributed by atoms with Gasteiger partial charge in [0.15, 0.2) is 5.78 Å². The first-order chi connectivity index (χ1) is 14.0. The summed E-state index contributed by atoms with van der Waals surface area (Å²) >= 11 is 1.84. The zero-order chi connectivity index (χ0) is 20.8. The number of hydrogen-bond donors (Lipinski definition) is 0. The van der Waals surface area contributed by atoms with Crippen molar-refractivity contribution in [2.24, 2.45) is 0 Å². The molecule has 8 heteroatoms. The minimum Gasteiger partial charge on any atom is -0.497 e. The molecule has 0 spiro atoms. The monoisotopic (exact) mass is 433 g/mol. The minimum absolute atomic E-state index is 0.239. The number of alkyl halides is 2. The van der Waals surface area contributed by atoms with Gasteiger partial charge in [-0.1, -0.05) is 23.9 Å². The van der Waals surface area contributed by atoms with Gasteiger partial charge >= 0.3 is 0 Å². The predicted octanol–water partition coefficient (Wildman–Crippen LogP) is 6.04. The van der Waals surface area contributed by atoms with Crippen LogP contribution >= 0.6 is 23.1 Å². The molecule has 0 aliphatic heterocycles. The van der Waals surface area contributed by atoms with Gasteiger partial charge in [0.05, 0.1) is 24.8 Å². The molecule has 0 unspecified atom stereocenters. The zero-order valence-electron chi connectivity index (χ0n) is 15.6. The van der Waals surface area contributed by atoms with Crippen molar-refractivity contribution in [2.45, 2.75) is 10.7 Å². The van der Waals surface area contributed by atoms with Gasteiger partial charge < -0.3 is 9.47 Å². The highest BCUT2D eigenvalue weighted by Gasteiger charge is 2.13. The molecule has 1 aromatic heterocycles. The lowest BCUT2D eigenvalue weighted by Crippen LogP contribution is -1.97. The lowest BCUT2D eigenvalue weighted by molar-refractivity contribution is 0.104. The van der Waals surface area contributed by atoms with Crippen LogP contribution in [-0.2, 0) is 0 Å². The Bertz CT molecular complexity index is 1030. The van der Waals surface area contributed by atoms with E-state index in [2.05, 4.69) is 4.98 Å². The molecule has 0 fully saturated rings. The average molecular weight is 434 g/mol. The topological polar surface area (TPSA) is 48.4 Å². The molecule has 0 bridgehead atoms. The van der Waals surface area contributed by atoms with Gasteiger partial charge in [0, 0.05) is 16.5 Å². The number of ether oxygens (including phenoxy) is 2. The number of thiazole rings is 1. The van der Waals surface area contributed by atoms with Crippen molar-refractivity contribution in [3.05, 3.63) is 65.2 Å². The van der Waals surface area contributed by atoms with E-state index in [4.69, 9.17) is 9.47 Å². The molecule has 0 saturated carbocycles. The fraction of sp³-hybridized carbons (Fsp3) is 0.143. The maximum Gasteiger partial charge on any atom is 0.289 e. The lowest BCUT2D eigenvalue weighted by atomic mass is 10.1. The summed E-state index contributed by atoms with van der Waals surface area (Å²) in [5, 5.41) is 2.66. The maximum absolute atomic E-state index is 12.6.